The van der Waals surface area contributed by atoms with Crippen LogP contribution in [0.4, 0.5) is 0 Å². The first kappa shape index (κ1) is 14.5. The van der Waals surface area contributed by atoms with Crippen LogP contribution in [0.1, 0.15) is 36.1 Å². The fourth-order valence-electron chi connectivity index (χ4n) is 1.90. The Morgan fingerprint density at radius 1 is 1.39 bits per heavy atom. The molecular formula is C14H21NO3. The van der Waals surface area contributed by atoms with Crippen molar-refractivity contribution in [2.45, 2.75) is 33.2 Å². The lowest BCUT2D eigenvalue weighted by Gasteiger charge is -2.18. The van der Waals surface area contributed by atoms with Crippen LogP contribution in [-0.2, 0) is 9.53 Å². The van der Waals surface area contributed by atoms with Crippen LogP contribution in [0.15, 0.2) is 12.1 Å². The highest BCUT2D eigenvalue weighted by atomic mass is 16.5. The maximum atomic E-state index is 11.8. The molecule has 0 radical (unpaired) electrons. The summed E-state index contributed by atoms with van der Waals surface area (Å²) in [7, 11) is 1.38. The molecule has 0 amide bonds. The summed E-state index contributed by atoms with van der Waals surface area (Å²) in [6.07, 6.45) is 0.934. The van der Waals surface area contributed by atoms with E-state index < -0.39 is 6.04 Å². The molecule has 100 valence electrons. The lowest BCUT2D eigenvalue weighted by atomic mass is 10.00. The third-order valence-corrected chi connectivity index (χ3v) is 2.88. The van der Waals surface area contributed by atoms with Crippen LogP contribution < -0.4 is 5.32 Å². The van der Waals surface area contributed by atoms with Crippen LogP contribution in [0.25, 0.3) is 0 Å². The SMILES string of the molecule is CCCNC(C(=O)OC)c1cc(C)c(O)c(C)c1. The summed E-state index contributed by atoms with van der Waals surface area (Å²) in [6, 6.07) is 3.15. The van der Waals surface area contributed by atoms with E-state index in [0.717, 1.165) is 29.7 Å². The molecule has 0 spiro atoms. The molecule has 18 heavy (non-hydrogen) atoms. The highest BCUT2D eigenvalue weighted by Crippen LogP contribution is 2.26. The van der Waals surface area contributed by atoms with Crippen molar-refractivity contribution in [2.75, 3.05) is 13.7 Å². The van der Waals surface area contributed by atoms with E-state index >= 15 is 0 Å². The topological polar surface area (TPSA) is 58.6 Å². The van der Waals surface area contributed by atoms with Crippen molar-refractivity contribution in [3.8, 4) is 5.75 Å². The Kier molecular flexibility index (Phi) is 5.16. The predicted octanol–water partition coefficient (Wildman–Crippen LogP) is 2.22. The minimum absolute atomic E-state index is 0.276. The number of phenolic OH excluding ortho intramolecular Hbond substituents is 1. The molecule has 1 aromatic rings. The Hall–Kier alpha value is -1.55. The number of aryl methyl sites for hydroxylation is 2. The molecule has 1 rings (SSSR count). The van der Waals surface area contributed by atoms with Gasteiger partial charge < -0.3 is 15.2 Å². The lowest BCUT2D eigenvalue weighted by Crippen LogP contribution is -2.30. The zero-order valence-corrected chi connectivity index (χ0v) is 11.4. The fourth-order valence-corrected chi connectivity index (χ4v) is 1.90. The van der Waals surface area contributed by atoms with Gasteiger partial charge in [-0.15, -0.1) is 0 Å². The molecular weight excluding hydrogens is 230 g/mol. The van der Waals surface area contributed by atoms with Gasteiger partial charge in [0.05, 0.1) is 7.11 Å². The van der Waals surface area contributed by atoms with E-state index in [1.54, 1.807) is 0 Å². The maximum absolute atomic E-state index is 11.8. The Morgan fingerprint density at radius 2 is 1.94 bits per heavy atom. The summed E-state index contributed by atoms with van der Waals surface area (Å²) in [4.78, 5) is 11.8. The van der Waals surface area contributed by atoms with Crippen LogP contribution in [0, 0.1) is 13.8 Å². The van der Waals surface area contributed by atoms with Crippen LogP contribution >= 0.6 is 0 Å². The minimum atomic E-state index is -0.479. The molecule has 0 saturated carbocycles. The average molecular weight is 251 g/mol. The van der Waals surface area contributed by atoms with E-state index in [0.29, 0.717) is 0 Å². The van der Waals surface area contributed by atoms with E-state index in [-0.39, 0.29) is 11.7 Å². The number of benzene rings is 1. The van der Waals surface area contributed by atoms with E-state index in [1.165, 1.54) is 7.11 Å². The molecule has 0 aliphatic heterocycles. The molecule has 4 nitrogen and oxygen atoms in total. The number of rotatable bonds is 5. The van der Waals surface area contributed by atoms with Gasteiger partial charge in [0.25, 0.3) is 0 Å². The van der Waals surface area contributed by atoms with Crippen molar-refractivity contribution in [2.24, 2.45) is 0 Å². The van der Waals surface area contributed by atoms with Crippen molar-refractivity contribution in [3.05, 3.63) is 28.8 Å². The Morgan fingerprint density at radius 3 is 2.39 bits per heavy atom. The molecule has 0 aliphatic rings. The highest BCUT2D eigenvalue weighted by Gasteiger charge is 2.21. The largest absolute Gasteiger partial charge is 0.507 e. The first-order valence-corrected chi connectivity index (χ1v) is 6.12. The molecule has 1 atom stereocenters. The number of nitrogens with one attached hydrogen (secondary N) is 1. The molecule has 0 saturated heterocycles. The van der Waals surface area contributed by atoms with Crippen LogP contribution in [0.5, 0.6) is 5.75 Å². The summed E-state index contributed by atoms with van der Waals surface area (Å²) in [6.45, 7) is 6.41. The standard InChI is InChI=1S/C14H21NO3/c1-5-6-15-12(14(17)18-4)11-7-9(2)13(16)10(3)8-11/h7-8,12,15-16H,5-6H2,1-4H3. The first-order valence-electron chi connectivity index (χ1n) is 6.12. The molecule has 0 fully saturated rings. The van der Waals surface area contributed by atoms with Crippen molar-refractivity contribution in [1.29, 1.82) is 0 Å². The van der Waals surface area contributed by atoms with Crippen molar-refractivity contribution < 1.29 is 14.6 Å². The summed E-state index contributed by atoms with van der Waals surface area (Å²) in [5.41, 5.74) is 2.34. The molecule has 1 unspecified atom stereocenters. The second-order valence-corrected chi connectivity index (χ2v) is 4.41. The number of hydrogen-bond acceptors (Lipinski definition) is 4. The van der Waals surface area contributed by atoms with Crippen molar-refractivity contribution in [3.63, 3.8) is 0 Å². The maximum Gasteiger partial charge on any atom is 0.327 e. The first-order chi connectivity index (χ1) is 8.51. The smallest absolute Gasteiger partial charge is 0.327 e. The summed E-state index contributed by atoms with van der Waals surface area (Å²) in [5, 5.41) is 12.9. The van der Waals surface area contributed by atoms with Crippen molar-refractivity contribution >= 4 is 5.97 Å². The Balaban J connectivity index is 3.08. The van der Waals surface area contributed by atoms with Gasteiger partial charge >= 0.3 is 5.97 Å². The highest BCUT2D eigenvalue weighted by molar-refractivity contribution is 5.77. The second-order valence-electron chi connectivity index (χ2n) is 4.41. The molecule has 0 aliphatic carbocycles. The quantitative estimate of drug-likeness (QED) is 0.788. The van der Waals surface area contributed by atoms with Crippen LogP contribution in [0.3, 0.4) is 0 Å². The number of methoxy groups -OCH3 is 1. The zero-order chi connectivity index (χ0) is 13.7. The summed E-state index contributed by atoms with van der Waals surface area (Å²) >= 11 is 0. The monoisotopic (exact) mass is 251 g/mol. The van der Waals surface area contributed by atoms with E-state index in [2.05, 4.69) is 5.32 Å². The molecule has 0 bridgehead atoms. The number of phenols is 1. The van der Waals surface area contributed by atoms with Crippen molar-refractivity contribution in [1.82, 2.24) is 5.32 Å². The summed E-state index contributed by atoms with van der Waals surface area (Å²) in [5.74, 6) is -0.0363. The fraction of sp³-hybridized carbons (Fsp3) is 0.500. The van der Waals surface area contributed by atoms with Gasteiger partial charge in [-0.3, -0.25) is 0 Å². The lowest BCUT2D eigenvalue weighted by molar-refractivity contribution is -0.143. The normalized spacial score (nSPS) is 12.2. The van der Waals surface area contributed by atoms with E-state index in [4.69, 9.17) is 4.74 Å². The number of carbonyl (C=O) groups is 1. The third-order valence-electron chi connectivity index (χ3n) is 2.88. The number of carbonyl (C=O) groups excluding carboxylic acids is 1. The molecule has 2 N–H and O–H groups in total. The Labute approximate surface area is 108 Å². The van der Waals surface area contributed by atoms with E-state index in [1.807, 2.05) is 32.9 Å². The number of ether oxygens (including phenoxy) is 1. The third kappa shape index (κ3) is 3.23. The molecule has 0 heterocycles. The second kappa shape index (κ2) is 6.40. The van der Waals surface area contributed by atoms with Gasteiger partial charge in [0.1, 0.15) is 11.8 Å². The van der Waals surface area contributed by atoms with Gasteiger partial charge in [0, 0.05) is 0 Å². The average Bonchev–Trinajstić information content (AvgIpc) is 2.35. The predicted molar refractivity (Wildman–Crippen MR) is 70.6 cm³/mol. The molecule has 4 heteroatoms. The molecule has 0 aromatic heterocycles. The van der Waals surface area contributed by atoms with Gasteiger partial charge in [0.15, 0.2) is 0 Å². The number of hydrogen-bond donors (Lipinski definition) is 2. The van der Waals surface area contributed by atoms with Gasteiger partial charge in [-0.1, -0.05) is 19.1 Å². The Bertz CT molecular complexity index is 406. The van der Waals surface area contributed by atoms with Crippen LogP contribution in [-0.4, -0.2) is 24.7 Å². The van der Waals surface area contributed by atoms with Gasteiger partial charge in [0.2, 0.25) is 0 Å². The van der Waals surface area contributed by atoms with E-state index in [9.17, 15) is 9.90 Å². The summed E-state index contributed by atoms with van der Waals surface area (Å²) < 4.78 is 4.81. The van der Waals surface area contributed by atoms with Crippen LogP contribution in [0.2, 0.25) is 0 Å². The zero-order valence-electron chi connectivity index (χ0n) is 11.4. The van der Waals surface area contributed by atoms with Gasteiger partial charge in [-0.25, -0.2) is 4.79 Å². The minimum Gasteiger partial charge on any atom is -0.507 e. The number of esters is 1. The van der Waals surface area contributed by atoms with Gasteiger partial charge in [-0.05, 0) is 43.5 Å². The van der Waals surface area contributed by atoms with Gasteiger partial charge in [-0.2, -0.15) is 0 Å². The number of aromatic hydroxyl groups is 1. The molecule has 1 aromatic carbocycles.